The molecule has 0 aromatic heterocycles. The highest BCUT2D eigenvalue weighted by atomic mass is 16.3. The Morgan fingerprint density at radius 3 is 2.22 bits per heavy atom. The fourth-order valence-corrected chi connectivity index (χ4v) is 0.910. The van der Waals surface area contributed by atoms with E-state index in [0.29, 0.717) is 5.92 Å². The highest BCUT2D eigenvalue weighted by Gasteiger charge is 2.16. The van der Waals surface area contributed by atoms with Crippen molar-refractivity contribution in [1.82, 2.24) is 0 Å². The zero-order valence-electron chi connectivity index (χ0n) is 6.52. The summed E-state index contributed by atoms with van der Waals surface area (Å²) in [7, 11) is 0. The van der Waals surface area contributed by atoms with Crippen molar-refractivity contribution >= 4 is 0 Å². The Labute approximate surface area is 57.4 Å². The van der Waals surface area contributed by atoms with Gasteiger partial charge in [0.25, 0.3) is 0 Å². The van der Waals surface area contributed by atoms with Gasteiger partial charge in [-0.2, -0.15) is 0 Å². The Hall–Kier alpha value is -0.300. The maximum Gasteiger partial charge on any atom is 0.0799 e. The van der Waals surface area contributed by atoms with Crippen LogP contribution in [-0.2, 0) is 0 Å². The van der Waals surface area contributed by atoms with Crippen molar-refractivity contribution in [1.29, 1.82) is 0 Å². The zero-order valence-corrected chi connectivity index (χ0v) is 6.52. The predicted molar refractivity (Wildman–Crippen MR) is 40.3 cm³/mol. The molecule has 0 rings (SSSR count). The Morgan fingerprint density at radius 1 is 1.67 bits per heavy atom. The first-order valence-corrected chi connectivity index (χ1v) is 3.34. The Balaban J connectivity index is 3.71. The molecule has 0 amide bonds. The monoisotopic (exact) mass is 128 g/mol. The molecule has 1 nitrogen and oxygen atoms in total. The van der Waals surface area contributed by atoms with Crippen molar-refractivity contribution < 1.29 is 5.11 Å². The summed E-state index contributed by atoms with van der Waals surface area (Å²) in [5, 5.41) is 9.38. The van der Waals surface area contributed by atoms with E-state index >= 15 is 0 Å². The molecule has 0 aromatic rings. The van der Waals surface area contributed by atoms with Crippen LogP contribution in [-0.4, -0.2) is 10.7 Å². The molecule has 1 heteroatoms. The number of aliphatic hydroxyl groups is 1. The second-order valence-electron chi connectivity index (χ2n) is 3.16. The molecule has 1 atom stereocenters. The molecule has 0 aliphatic carbocycles. The largest absolute Gasteiger partial charge is 0.386 e. The molecule has 0 aliphatic heterocycles. The van der Waals surface area contributed by atoms with Crippen molar-refractivity contribution in [3.63, 3.8) is 0 Å². The molecule has 0 heterocycles. The molecule has 0 saturated heterocycles. The highest BCUT2D eigenvalue weighted by Crippen LogP contribution is 2.16. The Kier molecular flexibility index (Phi) is 2.92. The minimum atomic E-state index is -0.672. The molecule has 0 bridgehead atoms. The van der Waals surface area contributed by atoms with Gasteiger partial charge < -0.3 is 5.11 Å². The van der Waals surface area contributed by atoms with Gasteiger partial charge in [-0.3, -0.25) is 0 Å². The third-order valence-corrected chi connectivity index (χ3v) is 1.26. The second kappa shape index (κ2) is 3.02. The van der Waals surface area contributed by atoms with Crippen molar-refractivity contribution in [2.24, 2.45) is 5.92 Å². The smallest absolute Gasteiger partial charge is 0.0799 e. The molecule has 0 aliphatic rings. The van der Waals surface area contributed by atoms with Crippen molar-refractivity contribution in [3.05, 3.63) is 12.7 Å². The SMILES string of the molecule is C=C[C@](C)(O)CC(C)C. The van der Waals surface area contributed by atoms with Crippen molar-refractivity contribution in [3.8, 4) is 0 Å². The molecule has 0 aromatic carbocycles. The Morgan fingerprint density at radius 2 is 2.11 bits per heavy atom. The molecule has 54 valence electrons. The summed E-state index contributed by atoms with van der Waals surface area (Å²) in [5.41, 5.74) is -0.672. The lowest BCUT2D eigenvalue weighted by molar-refractivity contribution is 0.0880. The van der Waals surface area contributed by atoms with E-state index < -0.39 is 5.60 Å². The number of hydrogen-bond donors (Lipinski definition) is 1. The summed E-state index contributed by atoms with van der Waals surface area (Å²) < 4.78 is 0. The van der Waals surface area contributed by atoms with Crippen molar-refractivity contribution in [2.45, 2.75) is 32.8 Å². The van der Waals surface area contributed by atoms with Gasteiger partial charge in [0, 0.05) is 0 Å². The van der Waals surface area contributed by atoms with Crippen LogP contribution in [0.2, 0.25) is 0 Å². The van der Waals surface area contributed by atoms with E-state index in [2.05, 4.69) is 20.4 Å². The molecular weight excluding hydrogens is 112 g/mol. The fraction of sp³-hybridized carbons (Fsp3) is 0.750. The summed E-state index contributed by atoms with van der Waals surface area (Å²) in [6.45, 7) is 9.48. The molecular formula is C8H16O. The third-order valence-electron chi connectivity index (χ3n) is 1.26. The molecule has 0 unspecified atom stereocenters. The lowest BCUT2D eigenvalue weighted by atomic mass is 9.95. The highest BCUT2D eigenvalue weighted by molar-refractivity contribution is 4.91. The van der Waals surface area contributed by atoms with Gasteiger partial charge in [-0.1, -0.05) is 19.9 Å². The minimum absolute atomic E-state index is 0.526. The predicted octanol–water partition coefficient (Wildman–Crippen LogP) is 1.97. The average molecular weight is 128 g/mol. The number of hydrogen-bond acceptors (Lipinski definition) is 1. The third kappa shape index (κ3) is 4.22. The van der Waals surface area contributed by atoms with Crippen LogP contribution in [0.5, 0.6) is 0 Å². The summed E-state index contributed by atoms with van der Waals surface area (Å²) in [4.78, 5) is 0. The van der Waals surface area contributed by atoms with Gasteiger partial charge in [0.1, 0.15) is 0 Å². The van der Waals surface area contributed by atoms with Gasteiger partial charge in [0.05, 0.1) is 5.60 Å². The van der Waals surface area contributed by atoms with Gasteiger partial charge >= 0.3 is 0 Å². The second-order valence-corrected chi connectivity index (χ2v) is 3.16. The Bertz CT molecular complexity index is 92.7. The summed E-state index contributed by atoms with van der Waals surface area (Å²) >= 11 is 0. The lowest BCUT2D eigenvalue weighted by Gasteiger charge is -2.20. The number of rotatable bonds is 3. The normalized spacial score (nSPS) is 17.4. The van der Waals surface area contributed by atoms with Crippen LogP contribution in [0, 0.1) is 5.92 Å². The quantitative estimate of drug-likeness (QED) is 0.576. The van der Waals surface area contributed by atoms with E-state index in [-0.39, 0.29) is 0 Å². The summed E-state index contributed by atoms with van der Waals surface area (Å²) in [6.07, 6.45) is 2.38. The molecule has 0 fully saturated rings. The maximum atomic E-state index is 9.38. The molecule has 0 spiro atoms. The van der Waals surface area contributed by atoms with E-state index in [4.69, 9.17) is 0 Å². The van der Waals surface area contributed by atoms with Crippen LogP contribution in [0.25, 0.3) is 0 Å². The standard InChI is InChI=1S/C8H16O/c1-5-8(4,9)6-7(2)3/h5,7,9H,1,6H2,2-4H3/t8-/m0/s1. The van der Waals surface area contributed by atoms with E-state index in [0.717, 1.165) is 6.42 Å². The summed E-state index contributed by atoms with van der Waals surface area (Å²) in [6, 6.07) is 0. The molecule has 0 radical (unpaired) electrons. The summed E-state index contributed by atoms with van der Waals surface area (Å²) in [5.74, 6) is 0.526. The van der Waals surface area contributed by atoms with Crippen LogP contribution in [0.1, 0.15) is 27.2 Å². The van der Waals surface area contributed by atoms with Crippen molar-refractivity contribution in [2.75, 3.05) is 0 Å². The van der Waals surface area contributed by atoms with Crippen LogP contribution in [0.15, 0.2) is 12.7 Å². The van der Waals surface area contributed by atoms with E-state index in [1.54, 1.807) is 13.0 Å². The van der Waals surface area contributed by atoms with Crippen LogP contribution in [0.4, 0.5) is 0 Å². The fourth-order valence-electron chi connectivity index (χ4n) is 0.910. The van der Waals surface area contributed by atoms with Gasteiger partial charge in [-0.15, -0.1) is 6.58 Å². The van der Waals surface area contributed by atoms with E-state index in [1.807, 2.05) is 0 Å². The average Bonchev–Trinajstić information content (AvgIpc) is 1.63. The lowest BCUT2D eigenvalue weighted by Crippen LogP contribution is -2.22. The first-order valence-electron chi connectivity index (χ1n) is 3.34. The van der Waals surface area contributed by atoms with Gasteiger partial charge in [0.15, 0.2) is 0 Å². The molecule has 9 heavy (non-hydrogen) atoms. The molecule has 1 N–H and O–H groups in total. The first-order chi connectivity index (χ1) is 3.98. The van der Waals surface area contributed by atoms with Gasteiger partial charge in [0.2, 0.25) is 0 Å². The van der Waals surface area contributed by atoms with E-state index in [1.165, 1.54) is 0 Å². The molecule has 0 saturated carbocycles. The van der Waals surface area contributed by atoms with Gasteiger partial charge in [-0.05, 0) is 19.3 Å². The van der Waals surface area contributed by atoms with Gasteiger partial charge in [-0.25, -0.2) is 0 Å². The van der Waals surface area contributed by atoms with E-state index in [9.17, 15) is 5.11 Å². The van der Waals surface area contributed by atoms with Crippen LogP contribution in [0.3, 0.4) is 0 Å². The minimum Gasteiger partial charge on any atom is -0.386 e. The maximum absolute atomic E-state index is 9.38. The first kappa shape index (κ1) is 8.70. The van der Waals surface area contributed by atoms with Crippen LogP contribution >= 0.6 is 0 Å². The topological polar surface area (TPSA) is 20.2 Å². The zero-order chi connectivity index (χ0) is 7.49. The van der Waals surface area contributed by atoms with Crippen LogP contribution < -0.4 is 0 Å².